The fourth-order valence-corrected chi connectivity index (χ4v) is 6.22. The molecule has 7 nitrogen and oxygen atoms in total. The van der Waals surface area contributed by atoms with Crippen LogP contribution in [0.4, 0.5) is 4.79 Å². The number of ether oxygens (including phenoxy) is 1. The SMILES string of the molecule is O=C(O)C[C@@H]1CCC[C@H]1NC(=O)[C@H]1CCC[C@H]1NC(=O)OCC1c2ccccc2-c2ccccc21. The Labute approximate surface area is 205 Å². The number of carboxylic acids is 1. The first-order valence-corrected chi connectivity index (χ1v) is 12.6. The lowest BCUT2D eigenvalue weighted by Crippen LogP contribution is -2.47. The Balaban J connectivity index is 1.17. The number of fused-ring (bicyclic) bond motifs is 3. The Morgan fingerprint density at radius 3 is 2.14 bits per heavy atom. The molecule has 0 radical (unpaired) electrons. The van der Waals surface area contributed by atoms with Gasteiger partial charge in [0.15, 0.2) is 0 Å². The van der Waals surface area contributed by atoms with Crippen LogP contribution >= 0.6 is 0 Å². The van der Waals surface area contributed by atoms with Gasteiger partial charge in [0.2, 0.25) is 5.91 Å². The van der Waals surface area contributed by atoms with Crippen LogP contribution in [0, 0.1) is 11.8 Å². The van der Waals surface area contributed by atoms with Gasteiger partial charge >= 0.3 is 12.1 Å². The zero-order valence-corrected chi connectivity index (χ0v) is 19.7. The van der Waals surface area contributed by atoms with Crippen molar-refractivity contribution >= 4 is 18.0 Å². The molecule has 0 aromatic heterocycles. The van der Waals surface area contributed by atoms with Gasteiger partial charge in [0.25, 0.3) is 0 Å². The number of carboxylic acid groups (broad SMARTS) is 1. The topological polar surface area (TPSA) is 105 Å². The zero-order valence-electron chi connectivity index (χ0n) is 19.7. The van der Waals surface area contributed by atoms with E-state index in [0.29, 0.717) is 6.42 Å². The summed E-state index contributed by atoms with van der Waals surface area (Å²) in [5.74, 6) is -1.27. The lowest BCUT2D eigenvalue weighted by atomic mass is 9.97. The molecule has 2 saturated carbocycles. The summed E-state index contributed by atoms with van der Waals surface area (Å²) in [6.45, 7) is 0.238. The van der Waals surface area contributed by atoms with Crippen molar-refractivity contribution in [2.45, 2.75) is 62.9 Å². The van der Waals surface area contributed by atoms with Crippen molar-refractivity contribution in [1.29, 1.82) is 0 Å². The van der Waals surface area contributed by atoms with Crippen molar-refractivity contribution in [3.05, 3.63) is 59.7 Å². The lowest BCUT2D eigenvalue weighted by Gasteiger charge is -2.25. The van der Waals surface area contributed by atoms with Gasteiger partial charge in [0.1, 0.15) is 6.61 Å². The standard InChI is InChI=1S/C28H32N2O5/c31-26(32)15-17-7-5-13-24(17)29-27(33)22-12-6-14-25(22)30-28(34)35-16-23-20-10-3-1-8-18(20)19-9-2-4-11-21(19)23/h1-4,8-11,17,22-25H,5-7,12-16H2,(H,29,33)(H,30,34)(H,31,32)/t17-,22-,24+,25+/m0/s1. The number of hydrogen-bond donors (Lipinski definition) is 3. The minimum atomic E-state index is -0.827. The molecule has 7 heteroatoms. The largest absolute Gasteiger partial charge is 0.481 e. The van der Waals surface area contributed by atoms with Crippen LogP contribution in [-0.4, -0.2) is 41.8 Å². The van der Waals surface area contributed by atoms with Gasteiger partial charge < -0.3 is 20.5 Å². The Morgan fingerprint density at radius 1 is 0.829 bits per heavy atom. The molecule has 2 amide bonds. The number of alkyl carbamates (subject to hydrolysis) is 1. The van der Waals surface area contributed by atoms with Crippen LogP contribution in [0.2, 0.25) is 0 Å². The quantitative estimate of drug-likeness (QED) is 0.548. The lowest BCUT2D eigenvalue weighted by molar-refractivity contribution is -0.138. The van der Waals surface area contributed by atoms with E-state index in [-0.39, 0.29) is 48.8 Å². The van der Waals surface area contributed by atoms with Crippen molar-refractivity contribution in [2.24, 2.45) is 11.8 Å². The number of carbonyl (C=O) groups excluding carboxylic acids is 2. The van der Waals surface area contributed by atoms with Crippen molar-refractivity contribution in [3.63, 3.8) is 0 Å². The van der Waals surface area contributed by atoms with E-state index >= 15 is 0 Å². The molecule has 0 saturated heterocycles. The predicted octanol–water partition coefficient (Wildman–Crippen LogP) is 4.45. The van der Waals surface area contributed by atoms with Gasteiger partial charge in [-0.3, -0.25) is 9.59 Å². The van der Waals surface area contributed by atoms with E-state index in [1.54, 1.807) is 0 Å². The smallest absolute Gasteiger partial charge is 0.407 e. The molecule has 0 unspecified atom stereocenters. The molecular weight excluding hydrogens is 444 g/mol. The van der Waals surface area contributed by atoms with Crippen molar-refractivity contribution in [2.75, 3.05) is 6.61 Å². The van der Waals surface area contributed by atoms with Gasteiger partial charge in [-0.15, -0.1) is 0 Å². The molecular formula is C28H32N2O5. The highest BCUT2D eigenvalue weighted by atomic mass is 16.5. The average Bonchev–Trinajstić information content (AvgIpc) is 3.56. The van der Waals surface area contributed by atoms with Gasteiger partial charge in [0.05, 0.1) is 12.3 Å². The van der Waals surface area contributed by atoms with E-state index in [1.807, 2.05) is 24.3 Å². The molecule has 0 heterocycles. The average molecular weight is 477 g/mol. The number of nitrogens with one attached hydrogen (secondary N) is 2. The second-order valence-corrected chi connectivity index (χ2v) is 10.0. The molecule has 35 heavy (non-hydrogen) atoms. The fraction of sp³-hybridized carbons (Fsp3) is 0.464. The first-order chi connectivity index (χ1) is 17.0. The Kier molecular flexibility index (Phi) is 6.75. The minimum Gasteiger partial charge on any atom is -0.481 e. The van der Waals surface area contributed by atoms with Gasteiger partial charge in [-0.2, -0.15) is 0 Å². The number of hydrogen-bond acceptors (Lipinski definition) is 4. The van der Waals surface area contributed by atoms with Crippen LogP contribution in [0.1, 0.15) is 62.0 Å². The van der Waals surface area contributed by atoms with Crippen LogP contribution in [-0.2, 0) is 14.3 Å². The van der Waals surface area contributed by atoms with E-state index < -0.39 is 12.1 Å². The first-order valence-electron chi connectivity index (χ1n) is 12.6. The number of benzene rings is 2. The highest BCUT2D eigenvalue weighted by molar-refractivity contribution is 5.81. The van der Waals surface area contributed by atoms with Crippen LogP contribution in [0.25, 0.3) is 11.1 Å². The Bertz CT molecular complexity index is 1070. The van der Waals surface area contributed by atoms with Crippen molar-refractivity contribution < 1.29 is 24.2 Å². The van der Waals surface area contributed by atoms with E-state index in [9.17, 15) is 14.4 Å². The maximum atomic E-state index is 13.0. The number of carbonyl (C=O) groups is 3. The fourth-order valence-electron chi connectivity index (χ4n) is 6.22. The van der Waals surface area contributed by atoms with Crippen LogP contribution in [0.15, 0.2) is 48.5 Å². The van der Waals surface area contributed by atoms with Crippen LogP contribution in [0.5, 0.6) is 0 Å². The van der Waals surface area contributed by atoms with E-state index in [2.05, 4.69) is 34.9 Å². The normalized spacial score (nSPS) is 25.0. The summed E-state index contributed by atoms with van der Waals surface area (Å²) in [6, 6.07) is 16.0. The molecule has 0 aliphatic heterocycles. The minimum absolute atomic E-state index is 0.00985. The number of rotatable bonds is 7. The highest BCUT2D eigenvalue weighted by Gasteiger charge is 2.38. The molecule has 3 N–H and O–H groups in total. The monoisotopic (exact) mass is 476 g/mol. The highest BCUT2D eigenvalue weighted by Crippen LogP contribution is 2.44. The molecule has 2 fully saturated rings. The zero-order chi connectivity index (χ0) is 24.4. The second-order valence-electron chi connectivity index (χ2n) is 10.0. The van der Waals surface area contributed by atoms with Gasteiger partial charge in [-0.05, 0) is 53.9 Å². The predicted molar refractivity (Wildman–Crippen MR) is 131 cm³/mol. The summed E-state index contributed by atoms with van der Waals surface area (Å²) in [7, 11) is 0. The van der Waals surface area contributed by atoms with Crippen LogP contribution < -0.4 is 10.6 Å². The van der Waals surface area contributed by atoms with Gasteiger partial charge in [-0.1, -0.05) is 61.4 Å². The summed E-state index contributed by atoms with van der Waals surface area (Å²) in [4.78, 5) is 36.9. The molecule has 0 spiro atoms. The maximum Gasteiger partial charge on any atom is 0.407 e. The second kappa shape index (κ2) is 10.1. The van der Waals surface area contributed by atoms with E-state index in [1.165, 1.54) is 11.1 Å². The van der Waals surface area contributed by atoms with Gasteiger partial charge in [-0.25, -0.2) is 4.79 Å². The number of aliphatic carboxylic acids is 1. The Morgan fingerprint density at radius 2 is 1.46 bits per heavy atom. The molecule has 2 aromatic rings. The third-order valence-electron chi connectivity index (χ3n) is 7.92. The molecule has 3 aliphatic carbocycles. The summed E-state index contributed by atoms with van der Waals surface area (Å²) in [6.07, 6.45) is 4.43. The molecule has 184 valence electrons. The molecule has 0 bridgehead atoms. The number of amides is 2. The van der Waals surface area contributed by atoms with Crippen LogP contribution in [0.3, 0.4) is 0 Å². The maximum absolute atomic E-state index is 13.0. The van der Waals surface area contributed by atoms with E-state index in [4.69, 9.17) is 9.84 Å². The molecule has 5 rings (SSSR count). The van der Waals surface area contributed by atoms with Crippen molar-refractivity contribution in [1.82, 2.24) is 10.6 Å². The molecule has 2 aromatic carbocycles. The summed E-state index contributed by atoms with van der Waals surface area (Å²) in [5.41, 5.74) is 4.68. The van der Waals surface area contributed by atoms with Crippen molar-refractivity contribution in [3.8, 4) is 11.1 Å². The first kappa shape index (κ1) is 23.4. The third-order valence-corrected chi connectivity index (χ3v) is 7.92. The molecule has 3 aliphatic rings. The summed E-state index contributed by atoms with van der Waals surface area (Å²) < 4.78 is 5.68. The summed E-state index contributed by atoms with van der Waals surface area (Å²) >= 11 is 0. The van der Waals surface area contributed by atoms with Gasteiger partial charge in [0, 0.05) is 18.0 Å². The Hall–Kier alpha value is -3.35. The third kappa shape index (κ3) is 4.90. The van der Waals surface area contributed by atoms with E-state index in [0.717, 1.165) is 43.2 Å². The molecule has 4 atom stereocenters. The summed E-state index contributed by atoms with van der Waals surface area (Å²) in [5, 5.41) is 15.2.